The molecule has 3 aliphatic heterocycles. The molecule has 0 aromatic carbocycles. The van der Waals surface area contributed by atoms with Gasteiger partial charge in [0.05, 0.1) is 0 Å². The number of carbonyl (C=O) groups excluding carboxylic acids is 1. The van der Waals surface area contributed by atoms with E-state index >= 15 is 0 Å². The summed E-state index contributed by atoms with van der Waals surface area (Å²) >= 11 is 0. The number of carbonyl (C=O) groups is 3. The zero-order valence-corrected chi connectivity index (χ0v) is 17.1. The van der Waals surface area contributed by atoms with Gasteiger partial charge in [-0.3, -0.25) is 0 Å². The second kappa shape index (κ2) is 12.4. The van der Waals surface area contributed by atoms with Crippen molar-refractivity contribution >= 4 is 18.2 Å². The maximum absolute atomic E-state index is 12.0. The summed E-state index contributed by atoms with van der Waals surface area (Å²) in [6, 6.07) is -0.0658. The van der Waals surface area contributed by atoms with E-state index in [4.69, 9.17) is 10.2 Å². The molecule has 0 spiro atoms. The van der Waals surface area contributed by atoms with Crippen LogP contribution in [0.2, 0.25) is 0 Å². The molecule has 4 amide bonds. The Balaban J connectivity index is 0.000000278. The summed E-state index contributed by atoms with van der Waals surface area (Å²) in [6.07, 6.45) is 4.98. The Labute approximate surface area is 172 Å². The van der Waals surface area contributed by atoms with Crippen LogP contribution in [0.3, 0.4) is 0 Å². The Morgan fingerprint density at radius 1 is 0.793 bits per heavy atom. The van der Waals surface area contributed by atoms with Gasteiger partial charge < -0.3 is 35.5 Å². The van der Waals surface area contributed by atoms with Crippen molar-refractivity contribution < 1.29 is 24.6 Å². The third kappa shape index (κ3) is 8.35. The lowest BCUT2D eigenvalue weighted by atomic mass is 9.95. The molecule has 29 heavy (non-hydrogen) atoms. The summed E-state index contributed by atoms with van der Waals surface area (Å²) in [4.78, 5) is 37.5. The number of rotatable bonds is 3. The molecule has 3 rings (SSSR count). The first kappa shape index (κ1) is 23.1. The molecule has 0 bridgehead atoms. The van der Waals surface area contributed by atoms with Gasteiger partial charge >= 0.3 is 18.2 Å². The van der Waals surface area contributed by atoms with E-state index < -0.39 is 12.2 Å². The third-order valence-corrected chi connectivity index (χ3v) is 5.75. The van der Waals surface area contributed by atoms with Crippen LogP contribution in [-0.4, -0.2) is 102 Å². The zero-order valence-electron chi connectivity index (χ0n) is 17.1. The Morgan fingerprint density at radius 3 is 1.83 bits per heavy atom. The number of hydrogen-bond donors (Lipinski definition) is 4. The summed E-state index contributed by atoms with van der Waals surface area (Å²) < 4.78 is 0. The Kier molecular flexibility index (Phi) is 9.82. The molecule has 10 nitrogen and oxygen atoms in total. The minimum Gasteiger partial charge on any atom is -0.465 e. The first-order chi connectivity index (χ1) is 14.0. The summed E-state index contributed by atoms with van der Waals surface area (Å²) in [6.45, 7) is 6.09. The highest BCUT2D eigenvalue weighted by molar-refractivity contribution is 5.74. The molecular formula is C19H35N5O5. The summed E-state index contributed by atoms with van der Waals surface area (Å²) in [5.41, 5.74) is 0. The second-order valence-corrected chi connectivity index (χ2v) is 7.80. The lowest BCUT2D eigenvalue weighted by molar-refractivity contribution is 0.111. The van der Waals surface area contributed by atoms with Gasteiger partial charge in [-0.1, -0.05) is 0 Å². The Hall–Kier alpha value is -2.23. The van der Waals surface area contributed by atoms with E-state index in [9.17, 15) is 14.4 Å². The van der Waals surface area contributed by atoms with Crippen LogP contribution in [-0.2, 0) is 0 Å². The van der Waals surface area contributed by atoms with E-state index in [2.05, 4.69) is 10.6 Å². The fraction of sp³-hybridized carbons (Fsp3) is 0.842. The number of nitrogens with zero attached hydrogens (tertiary/aromatic N) is 3. The summed E-state index contributed by atoms with van der Waals surface area (Å²) in [5, 5.41) is 23.6. The van der Waals surface area contributed by atoms with Crippen molar-refractivity contribution in [3.8, 4) is 0 Å². The largest absolute Gasteiger partial charge is 0.465 e. The summed E-state index contributed by atoms with van der Waals surface area (Å²) in [5.74, 6) is 0.709. The van der Waals surface area contributed by atoms with Gasteiger partial charge in [0, 0.05) is 45.8 Å². The quantitative estimate of drug-likeness (QED) is 0.556. The first-order valence-electron chi connectivity index (χ1n) is 10.7. The van der Waals surface area contributed by atoms with Crippen molar-refractivity contribution in [3.05, 3.63) is 0 Å². The SMILES string of the molecule is O=C(O)N1CCCCC1.O=C(O)N1CCN(C(=O)NCCC2CCNCC2)CC1. The van der Waals surface area contributed by atoms with E-state index in [1.54, 1.807) is 4.90 Å². The van der Waals surface area contributed by atoms with Crippen LogP contribution in [0.4, 0.5) is 14.4 Å². The molecule has 0 atom stereocenters. The van der Waals surface area contributed by atoms with Gasteiger partial charge in [0.2, 0.25) is 0 Å². The fourth-order valence-electron chi connectivity index (χ4n) is 3.85. The molecule has 4 N–H and O–H groups in total. The van der Waals surface area contributed by atoms with Crippen molar-refractivity contribution in [2.24, 2.45) is 5.92 Å². The number of nitrogens with one attached hydrogen (secondary N) is 2. The summed E-state index contributed by atoms with van der Waals surface area (Å²) in [7, 11) is 0. The predicted octanol–water partition coefficient (Wildman–Crippen LogP) is 1.53. The van der Waals surface area contributed by atoms with Crippen LogP contribution in [0.25, 0.3) is 0 Å². The standard InChI is InChI=1S/C13H24N4O3.C6H11NO2/c18-12(15-6-3-11-1-4-14-5-2-11)16-7-9-17(10-8-16)13(19)20;8-6(9)7-4-2-1-3-5-7/h11,14H,1-10H2,(H,15,18)(H,19,20);1-5H2,(H,8,9). The smallest absolute Gasteiger partial charge is 0.407 e. The average molecular weight is 414 g/mol. The van der Waals surface area contributed by atoms with Crippen LogP contribution in [0.1, 0.15) is 38.5 Å². The molecule has 3 heterocycles. The number of piperazine rings is 1. The van der Waals surface area contributed by atoms with Crippen molar-refractivity contribution in [1.29, 1.82) is 0 Å². The molecule has 0 radical (unpaired) electrons. The molecule has 166 valence electrons. The van der Waals surface area contributed by atoms with Crippen molar-refractivity contribution in [1.82, 2.24) is 25.3 Å². The maximum atomic E-state index is 12.0. The molecule has 3 aliphatic rings. The number of urea groups is 1. The molecule has 0 aliphatic carbocycles. The topological polar surface area (TPSA) is 125 Å². The Morgan fingerprint density at radius 2 is 1.31 bits per heavy atom. The van der Waals surface area contributed by atoms with Crippen LogP contribution < -0.4 is 10.6 Å². The van der Waals surface area contributed by atoms with Gasteiger partial charge in [0.25, 0.3) is 0 Å². The predicted molar refractivity (Wildman–Crippen MR) is 108 cm³/mol. The first-order valence-corrected chi connectivity index (χ1v) is 10.7. The van der Waals surface area contributed by atoms with Gasteiger partial charge in [-0.25, -0.2) is 14.4 Å². The van der Waals surface area contributed by atoms with Crippen molar-refractivity contribution in [2.45, 2.75) is 38.5 Å². The zero-order chi connectivity index (χ0) is 21.1. The molecule has 3 saturated heterocycles. The van der Waals surface area contributed by atoms with E-state index in [0.717, 1.165) is 45.4 Å². The maximum Gasteiger partial charge on any atom is 0.407 e. The highest BCUT2D eigenvalue weighted by atomic mass is 16.4. The van der Waals surface area contributed by atoms with Gasteiger partial charge in [0.1, 0.15) is 0 Å². The van der Waals surface area contributed by atoms with E-state index in [-0.39, 0.29) is 6.03 Å². The van der Waals surface area contributed by atoms with Gasteiger partial charge in [-0.15, -0.1) is 0 Å². The monoisotopic (exact) mass is 413 g/mol. The Bertz CT molecular complexity index is 527. The van der Waals surface area contributed by atoms with E-state index in [1.165, 1.54) is 29.1 Å². The number of hydrogen-bond acceptors (Lipinski definition) is 4. The minimum atomic E-state index is -0.907. The van der Waals surface area contributed by atoms with Crippen molar-refractivity contribution in [2.75, 3.05) is 58.9 Å². The van der Waals surface area contributed by atoms with Crippen LogP contribution in [0.5, 0.6) is 0 Å². The molecule has 0 aromatic heterocycles. The number of piperidine rings is 2. The lowest BCUT2D eigenvalue weighted by Gasteiger charge is -2.33. The number of likely N-dealkylation sites (tertiary alicyclic amines) is 1. The van der Waals surface area contributed by atoms with Gasteiger partial charge in [-0.2, -0.15) is 0 Å². The molecular weight excluding hydrogens is 378 g/mol. The van der Waals surface area contributed by atoms with Crippen molar-refractivity contribution in [3.63, 3.8) is 0 Å². The average Bonchev–Trinajstić information content (AvgIpc) is 2.75. The van der Waals surface area contributed by atoms with Crippen LogP contribution >= 0.6 is 0 Å². The van der Waals surface area contributed by atoms with Gasteiger partial charge in [-0.05, 0) is 57.5 Å². The van der Waals surface area contributed by atoms with Crippen LogP contribution in [0, 0.1) is 5.92 Å². The molecule has 10 heteroatoms. The normalized spacial score (nSPS) is 20.5. The fourth-order valence-corrected chi connectivity index (χ4v) is 3.85. The van der Waals surface area contributed by atoms with E-state index in [1.807, 2.05) is 0 Å². The van der Waals surface area contributed by atoms with Crippen LogP contribution in [0.15, 0.2) is 0 Å². The molecule has 0 aromatic rings. The minimum absolute atomic E-state index is 0.0658. The second-order valence-electron chi connectivity index (χ2n) is 7.80. The van der Waals surface area contributed by atoms with E-state index in [0.29, 0.717) is 38.6 Å². The lowest BCUT2D eigenvalue weighted by Crippen LogP contribution is -2.53. The molecule has 0 saturated carbocycles. The molecule has 3 fully saturated rings. The van der Waals surface area contributed by atoms with Gasteiger partial charge in [0.15, 0.2) is 0 Å². The number of amides is 4. The molecule has 0 unspecified atom stereocenters. The highest BCUT2D eigenvalue weighted by Crippen LogP contribution is 2.14. The highest BCUT2D eigenvalue weighted by Gasteiger charge is 2.23. The third-order valence-electron chi connectivity index (χ3n) is 5.75. The number of carboxylic acid groups (broad SMARTS) is 2.